The summed E-state index contributed by atoms with van der Waals surface area (Å²) in [6.07, 6.45) is 2.29. The van der Waals surface area contributed by atoms with Gasteiger partial charge in [-0.15, -0.1) is 0 Å². The van der Waals surface area contributed by atoms with Crippen molar-refractivity contribution in [3.05, 3.63) is 23.8 Å². The maximum atomic E-state index is 13.1. The Bertz CT molecular complexity index is 543. The molecule has 0 aliphatic heterocycles. The summed E-state index contributed by atoms with van der Waals surface area (Å²) in [5.74, 6) is 0.551. The van der Waals surface area contributed by atoms with Crippen LogP contribution in [0.5, 0.6) is 5.75 Å². The number of ether oxygens (including phenoxy) is 1. The molecule has 3 nitrogen and oxygen atoms in total. The third-order valence-corrected chi connectivity index (χ3v) is 4.14. The minimum absolute atomic E-state index is 0.0802. The third-order valence-electron chi connectivity index (χ3n) is 4.04. The number of hydrogen-bond donors (Lipinski definition) is 2. The Hall–Kier alpha value is -1.50. The van der Waals surface area contributed by atoms with Crippen molar-refractivity contribution in [2.45, 2.75) is 44.7 Å². The first-order chi connectivity index (χ1) is 10.9. The summed E-state index contributed by atoms with van der Waals surface area (Å²) in [4.78, 5) is 0. The molecule has 7 heteroatoms. The quantitative estimate of drug-likeness (QED) is 0.578. The number of halogens is 3. The lowest BCUT2D eigenvalue weighted by atomic mass is 10.0. The van der Waals surface area contributed by atoms with Gasteiger partial charge in [-0.05, 0) is 49.2 Å². The topological polar surface area (TPSA) is 47.3 Å². The Labute approximate surface area is 139 Å². The molecule has 23 heavy (non-hydrogen) atoms. The summed E-state index contributed by atoms with van der Waals surface area (Å²) >= 11 is 4.64. The average Bonchev–Trinajstić information content (AvgIpc) is 2.96. The van der Waals surface area contributed by atoms with Gasteiger partial charge in [0.1, 0.15) is 5.75 Å². The van der Waals surface area contributed by atoms with Gasteiger partial charge in [-0.1, -0.05) is 25.7 Å². The number of rotatable bonds is 6. The van der Waals surface area contributed by atoms with Crippen LogP contribution in [-0.2, 0) is 6.18 Å². The molecule has 0 bridgehead atoms. The lowest BCUT2D eigenvalue weighted by Gasteiger charge is -2.16. The predicted octanol–water partition coefficient (Wildman–Crippen LogP) is 4.71. The maximum Gasteiger partial charge on any atom is 0.420 e. The zero-order valence-electron chi connectivity index (χ0n) is 12.8. The fourth-order valence-corrected chi connectivity index (χ4v) is 3.07. The molecule has 3 N–H and O–H groups in total. The molecule has 0 aromatic heterocycles. The zero-order valence-corrected chi connectivity index (χ0v) is 13.6. The Morgan fingerprint density at radius 1 is 1.30 bits per heavy atom. The van der Waals surface area contributed by atoms with E-state index in [1.54, 1.807) is 0 Å². The van der Waals surface area contributed by atoms with E-state index in [4.69, 9.17) is 10.5 Å². The first-order valence-corrected chi connectivity index (χ1v) is 8.17. The Kier molecular flexibility index (Phi) is 6.10. The van der Waals surface area contributed by atoms with Crippen molar-refractivity contribution in [3.8, 4) is 5.75 Å². The monoisotopic (exact) mass is 346 g/mol. The van der Waals surface area contributed by atoms with E-state index in [2.05, 4.69) is 17.5 Å². The molecule has 0 radical (unpaired) electrons. The molecule has 2 rings (SSSR count). The molecular weight excluding hydrogens is 325 g/mol. The van der Waals surface area contributed by atoms with Crippen molar-refractivity contribution >= 4 is 23.0 Å². The van der Waals surface area contributed by atoms with Crippen LogP contribution in [0.15, 0.2) is 18.2 Å². The van der Waals surface area contributed by atoms with E-state index in [0.717, 1.165) is 18.9 Å². The highest BCUT2D eigenvalue weighted by molar-refractivity contribution is 7.80. The van der Waals surface area contributed by atoms with Gasteiger partial charge in [-0.3, -0.25) is 0 Å². The van der Waals surface area contributed by atoms with Gasteiger partial charge in [0.25, 0.3) is 0 Å². The van der Waals surface area contributed by atoms with Crippen LogP contribution >= 0.6 is 12.2 Å². The molecule has 0 unspecified atom stereocenters. The molecule has 128 valence electrons. The molecule has 0 amide bonds. The number of hydrogen-bond acceptors (Lipinski definition) is 2. The van der Waals surface area contributed by atoms with Crippen molar-refractivity contribution in [2.75, 3.05) is 11.9 Å². The summed E-state index contributed by atoms with van der Waals surface area (Å²) in [6.45, 7) is 0.293. The maximum absolute atomic E-state index is 13.1. The van der Waals surface area contributed by atoms with Crippen LogP contribution in [0.25, 0.3) is 0 Å². The molecule has 1 fully saturated rings. The smallest absolute Gasteiger partial charge is 0.420 e. The van der Waals surface area contributed by atoms with Gasteiger partial charge in [0, 0.05) is 5.69 Å². The molecule has 1 aromatic rings. The number of nitrogens with one attached hydrogen (secondary N) is 1. The fourth-order valence-electron chi connectivity index (χ4n) is 2.95. The molecule has 1 aromatic carbocycles. The normalized spacial score (nSPS) is 15.6. The van der Waals surface area contributed by atoms with Crippen molar-refractivity contribution < 1.29 is 17.9 Å². The molecule has 1 saturated carbocycles. The summed E-state index contributed by atoms with van der Waals surface area (Å²) < 4.78 is 44.8. The number of anilines is 1. The number of nitrogens with two attached hydrogens (primary N) is 1. The van der Waals surface area contributed by atoms with Gasteiger partial charge in [-0.2, -0.15) is 13.2 Å². The lowest BCUT2D eigenvalue weighted by Crippen LogP contribution is -2.19. The molecule has 0 atom stereocenters. The molecule has 1 aliphatic carbocycles. The van der Waals surface area contributed by atoms with Crippen LogP contribution in [0.4, 0.5) is 18.9 Å². The van der Waals surface area contributed by atoms with E-state index >= 15 is 0 Å². The van der Waals surface area contributed by atoms with Crippen molar-refractivity contribution in [1.29, 1.82) is 0 Å². The largest absolute Gasteiger partial charge is 0.493 e. The van der Waals surface area contributed by atoms with E-state index in [0.29, 0.717) is 12.5 Å². The summed E-state index contributed by atoms with van der Waals surface area (Å²) in [5, 5.41) is 2.42. The van der Waals surface area contributed by atoms with Crippen LogP contribution in [0, 0.1) is 5.92 Å². The van der Waals surface area contributed by atoms with Gasteiger partial charge in [0.2, 0.25) is 0 Å². The minimum Gasteiger partial charge on any atom is -0.493 e. The van der Waals surface area contributed by atoms with Crippen LogP contribution in [0.3, 0.4) is 0 Å². The van der Waals surface area contributed by atoms with Crippen LogP contribution in [0.2, 0.25) is 0 Å². The minimum atomic E-state index is -4.49. The number of thiocarbonyl (C=S) groups is 1. The van der Waals surface area contributed by atoms with Gasteiger partial charge < -0.3 is 15.8 Å². The third kappa shape index (κ3) is 5.57. The summed E-state index contributed by atoms with van der Waals surface area (Å²) in [6, 6.07) is 3.74. The Morgan fingerprint density at radius 3 is 2.61 bits per heavy atom. The summed E-state index contributed by atoms with van der Waals surface area (Å²) in [5.41, 5.74) is 4.66. The highest BCUT2D eigenvalue weighted by Crippen LogP contribution is 2.38. The average molecular weight is 346 g/mol. The Balaban J connectivity index is 1.97. The van der Waals surface area contributed by atoms with Crippen molar-refractivity contribution in [1.82, 2.24) is 0 Å². The van der Waals surface area contributed by atoms with Gasteiger partial charge in [0.15, 0.2) is 5.11 Å². The molecule has 0 heterocycles. The van der Waals surface area contributed by atoms with E-state index < -0.39 is 11.7 Å². The first-order valence-electron chi connectivity index (χ1n) is 7.77. The zero-order chi connectivity index (χ0) is 16.9. The van der Waals surface area contributed by atoms with Crippen LogP contribution in [-0.4, -0.2) is 11.7 Å². The van der Waals surface area contributed by atoms with E-state index in [1.165, 1.54) is 37.8 Å². The summed E-state index contributed by atoms with van der Waals surface area (Å²) in [7, 11) is 0. The first kappa shape index (κ1) is 17.8. The van der Waals surface area contributed by atoms with E-state index in [9.17, 15) is 13.2 Å². The fraction of sp³-hybridized carbons (Fsp3) is 0.562. The second kappa shape index (κ2) is 7.86. The number of benzene rings is 1. The van der Waals surface area contributed by atoms with Gasteiger partial charge in [-0.25, -0.2) is 0 Å². The second-order valence-corrected chi connectivity index (χ2v) is 6.28. The highest BCUT2D eigenvalue weighted by atomic mass is 32.1. The number of alkyl halides is 3. The van der Waals surface area contributed by atoms with E-state index in [1.807, 2.05) is 0 Å². The van der Waals surface area contributed by atoms with Crippen LogP contribution in [0.1, 0.15) is 44.1 Å². The molecule has 1 aliphatic rings. The molecular formula is C16H21F3N2OS. The SMILES string of the molecule is NC(=S)Nc1ccc(OCCCC2CCCC2)c(C(F)(F)F)c1. The van der Waals surface area contributed by atoms with Crippen molar-refractivity contribution in [2.24, 2.45) is 11.7 Å². The van der Waals surface area contributed by atoms with Crippen LogP contribution < -0.4 is 15.8 Å². The molecule has 0 saturated heterocycles. The standard InChI is InChI=1S/C16H21F3N2OS/c17-16(18,19)13-10-12(21-15(20)23)7-8-14(13)22-9-3-6-11-4-1-2-5-11/h7-8,10-11H,1-6,9H2,(H3,20,21,23). The second-order valence-electron chi connectivity index (χ2n) is 5.84. The lowest BCUT2D eigenvalue weighted by molar-refractivity contribution is -0.138. The van der Waals surface area contributed by atoms with Gasteiger partial charge >= 0.3 is 6.18 Å². The van der Waals surface area contributed by atoms with E-state index in [-0.39, 0.29) is 16.5 Å². The van der Waals surface area contributed by atoms with Gasteiger partial charge in [0.05, 0.1) is 12.2 Å². The Morgan fingerprint density at radius 2 is 2.00 bits per heavy atom. The predicted molar refractivity (Wildman–Crippen MR) is 88.5 cm³/mol. The van der Waals surface area contributed by atoms with Crippen molar-refractivity contribution in [3.63, 3.8) is 0 Å². The highest BCUT2D eigenvalue weighted by Gasteiger charge is 2.34. The molecule has 0 spiro atoms.